The van der Waals surface area contributed by atoms with Crippen molar-refractivity contribution in [2.75, 3.05) is 34.3 Å². The van der Waals surface area contributed by atoms with Crippen molar-refractivity contribution in [1.82, 2.24) is 45.6 Å². The summed E-state index contributed by atoms with van der Waals surface area (Å²) < 4.78 is 0. The molecule has 3 amide bonds. The normalized spacial score (nSPS) is 27.3. The Kier molecular flexibility index (Phi) is 14.2. The monoisotopic (exact) mass is 919 g/mol. The number of carbonyl (C=O) groups excluding carboxylic acids is 3. The van der Waals surface area contributed by atoms with E-state index in [4.69, 9.17) is 15.0 Å². The quantitative estimate of drug-likeness (QED) is 0.194. The molecule has 0 spiro atoms. The third-order valence-corrected chi connectivity index (χ3v) is 15.8. The summed E-state index contributed by atoms with van der Waals surface area (Å²) in [4.78, 5) is 74.3. The zero-order chi connectivity index (χ0) is 48.4. The standard InChI is InChI=1S/C51H90N12O3/c1-34(58-31-46(4,5)55-49(10,11)40(58)64)61(37-25-19-16-20-26-37)43-52-44(62(38-27-21-17-22-28-38)35(2)59-32-47(6,7)56-50(12,13)41(59)65)54-45(53-43)63(39-29-23-18-24-30-39)36(3)60-33-48(8,9)57-51(14,15)42(60)66/h34-39,55-57H,16-33H2,1-15H3. The Hall–Kier alpha value is -3.30. The molecule has 3 aliphatic heterocycles. The number of nitrogens with one attached hydrogen (secondary N) is 3. The lowest BCUT2D eigenvalue weighted by Crippen LogP contribution is -2.73. The minimum Gasteiger partial charge on any atom is -0.319 e. The third-order valence-electron chi connectivity index (χ3n) is 15.8. The number of piperazine rings is 3. The number of aromatic nitrogens is 3. The van der Waals surface area contributed by atoms with Gasteiger partial charge in [0.1, 0.15) is 18.5 Å². The molecule has 66 heavy (non-hydrogen) atoms. The fourth-order valence-electron chi connectivity index (χ4n) is 13.4. The average Bonchev–Trinajstić information content (AvgIpc) is 3.22. The lowest BCUT2D eigenvalue weighted by molar-refractivity contribution is -0.146. The molecule has 15 nitrogen and oxygen atoms in total. The molecule has 3 saturated carbocycles. The van der Waals surface area contributed by atoms with Gasteiger partial charge < -0.3 is 29.4 Å². The van der Waals surface area contributed by atoms with E-state index in [1.54, 1.807) is 0 Å². The van der Waals surface area contributed by atoms with E-state index in [9.17, 15) is 14.4 Å². The van der Waals surface area contributed by atoms with Gasteiger partial charge in [0.15, 0.2) is 0 Å². The van der Waals surface area contributed by atoms with Gasteiger partial charge in [-0.1, -0.05) is 57.8 Å². The zero-order valence-electron chi connectivity index (χ0n) is 43.9. The first-order valence-corrected chi connectivity index (χ1v) is 26.1. The molecule has 1 aromatic heterocycles. The molecule has 7 rings (SSSR count). The molecule has 372 valence electrons. The van der Waals surface area contributed by atoms with Gasteiger partial charge in [0.2, 0.25) is 35.6 Å². The maximum atomic E-state index is 14.6. The van der Waals surface area contributed by atoms with E-state index >= 15 is 0 Å². The molecular formula is C51H90N12O3. The van der Waals surface area contributed by atoms with Crippen LogP contribution in [-0.4, -0.2) is 137 Å². The first-order chi connectivity index (χ1) is 30.6. The SMILES string of the molecule is CC(N1CC(C)(C)NC(C)(C)C1=O)N(c1nc(N(C2CCCCC2)C(C)N2CC(C)(C)NC(C)(C)C2=O)nc(N(C2CCCCC2)C(C)N2CC(C)(C)NC(C)(C)C2=O)n1)C1CCCCC1. The molecule has 3 aliphatic carbocycles. The van der Waals surface area contributed by atoms with Crippen molar-refractivity contribution in [2.24, 2.45) is 0 Å². The molecule has 3 atom stereocenters. The second-order valence-electron chi connectivity index (χ2n) is 24.9. The predicted molar refractivity (Wildman–Crippen MR) is 265 cm³/mol. The highest BCUT2D eigenvalue weighted by Gasteiger charge is 2.51. The molecule has 3 unspecified atom stereocenters. The van der Waals surface area contributed by atoms with Gasteiger partial charge in [-0.05, 0) is 142 Å². The van der Waals surface area contributed by atoms with Crippen LogP contribution >= 0.6 is 0 Å². The van der Waals surface area contributed by atoms with Crippen molar-refractivity contribution < 1.29 is 14.4 Å². The number of rotatable bonds is 12. The predicted octanol–water partition coefficient (Wildman–Crippen LogP) is 7.29. The van der Waals surface area contributed by atoms with Gasteiger partial charge in [-0.25, -0.2) is 0 Å². The minimum absolute atomic E-state index is 0.0597. The van der Waals surface area contributed by atoms with Crippen LogP contribution in [0.3, 0.4) is 0 Å². The van der Waals surface area contributed by atoms with Gasteiger partial charge in [0.25, 0.3) is 0 Å². The van der Waals surface area contributed by atoms with Crippen molar-refractivity contribution >= 4 is 35.6 Å². The van der Waals surface area contributed by atoms with Crippen LogP contribution in [0, 0.1) is 0 Å². The van der Waals surface area contributed by atoms with Crippen LogP contribution in [0.4, 0.5) is 17.8 Å². The van der Waals surface area contributed by atoms with Crippen LogP contribution < -0.4 is 30.7 Å². The number of hydrogen-bond acceptors (Lipinski definition) is 12. The molecule has 0 bridgehead atoms. The second kappa shape index (κ2) is 18.6. The van der Waals surface area contributed by atoms with E-state index in [-0.39, 0.29) is 71.0 Å². The van der Waals surface area contributed by atoms with Gasteiger partial charge in [-0.15, -0.1) is 0 Å². The Morgan fingerprint density at radius 3 is 0.833 bits per heavy atom. The summed E-state index contributed by atoms with van der Waals surface area (Å²) in [6.45, 7) is 33.1. The largest absolute Gasteiger partial charge is 0.319 e. The highest BCUT2D eigenvalue weighted by molar-refractivity contribution is 5.88. The number of hydrogen-bond donors (Lipinski definition) is 3. The average molecular weight is 919 g/mol. The summed E-state index contributed by atoms with van der Waals surface area (Å²) in [7, 11) is 0. The summed E-state index contributed by atoms with van der Waals surface area (Å²) >= 11 is 0. The molecule has 6 aliphatic rings. The second-order valence-corrected chi connectivity index (χ2v) is 24.9. The van der Waals surface area contributed by atoms with Crippen molar-refractivity contribution in [3.63, 3.8) is 0 Å². The van der Waals surface area contributed by atoms with E-state index in [0.29, 0.717) is 37.5 Å². The van der Waals surface area contributed by atoms with Crippen LogP contribution in [0.5, 0.6) is 0 Å². The Balaban J connectivity index is 1.47. The first kappa shape index (κ1) is 50.6. The van der Waals surface area contributed by atoms with Gasteiger partial charge >= 0.3 is 0 Å². The van der Waals surface area contributed by atoms with Crippen molar-refractivity contribution in [2.45, 2.75) is 270 Å². The molecule has 3 saturated heterocycles. The van der Waals surface area contributed by atoms with Gasteiger partial charge in [0.05, 0.1) is 16.6 Å². The van der Waals surface area contributed by atoms with Crippen LogP contribution in [0.25, 0.3) is 0 Å². The van der Waals surface area contributed by atoms with E-state index < -0.39 is 16.6 Å². The minimum atomic E-state index is -0.765. The lowest BCUT2D eigenvalue weighted by Gasteiger charge is -2.53. The number of nitrogens with zero attached hydrogens (tertiary/aromatic N) is 9. The maximum Gasteiger partial charge on any atom is 0.244 e. The molecule has 15 heteroatoms. The van der Waals surface area contributed by atoms with Crippen molar-refractivity contribution in [3.8, 4) is 0 Å². The topological polar surface area (TPSA) is 145 Å². The van der Waals surface area contributed by atoms with E-state index in [0.717, 1.165) is 77.0 Å². The van der Waals surface area contributed by atoms with Crippen LogP contribution in [0.2, 0.25) is 0 Å². The zero-order valence-corrected chi connectivity index (χ0v) is 43.9. The van der Waals surface area contributed by atoms with E-state index in [1.807, 2.05) is 41.5 Å². The van der Waals surface area contributed by atoms with Crippen LogP contribution in [0.1, 0.15) is 200 Å². The van der Waals surface area contributed by atoms with Crippen molar-refractivity contribution in [3.05, 3.63) is 0 Å². The molecule has 0 radical (unpaired) electrons. The Morgan fingerprint density at radius 1 is 0.409 bits per heavy atom. The summed E-state index contributed by atoms with van der Waals surface area (Å²) in [5.41, 5.74) is -3.27. The Labute approximate surface area is 398 Å². The Bertz CT molecular complexity index is 1690. The fourth-order valence-corrected chi connectivity index (χ4v) is 13.4. The lowest BCUT2D eigenvalue weighted by atomic mass is 9.89. The molecule has 1 aromatic rings. The number of anilines is 3. The van der Waals surface area contributed by atoms with Crippen LogP contribution in [-0.2, 0) is 14.4 Å². The summed E-state index contributed by atoms with van der Waals surface area (Å²) in [5.74, 6) is 1.88. The molecular weight excluding hydrogens is 829 g/mol. The summed E-state index contributed by atoms with van der Waals surface area (Å²) in [6.07, 6.45) is 14.8. The third kappa shape index (κ3) is 10.5. The van der Waals surface area contributed by atoms with E-state index in [1.165, 1.54) is 19.3 Å². The highest BCUT2D eigenvalue weighted by Crippen LogP contribution is 2.39. The molecule has 4 heterocycles. The van der Waals surface area contributed by atoms with Gasteiger partial charge in [0, 0.05) is 54.4 Å². The molecule has 0 aromatic carbocycles. The van der Waals surface area contributed by atoms with Gasteiger partial charge in [-0.3, -0.25) is 30.3 Å². The molecule has 6 fully saturated rings. The van der Waals surface area contributed by atoms with E-state index in [2.05, 4.69) is 108 Å². The smallest absolute Gasteiger partial charge is 0.244 e. The summed E-state index contributed by atoms with van der Waals surface area (Å²) in [5, 5.41) is 10.9. The van der Waals surface area contributed by atoms with Crippen molar-refractivity contribution in [1.29, 1.82) is 0 Å². The maximum absolute atomic E-state index is 14.6. The first-order valence-electron chi connectivity index (χ1n) is 26.1. The fraction of sp³-hybridized carbons (Fsp3) is 0.882. The summed E-state index contributed by atoms with van der Waals surface area (Å²) in [6, 6.07) is 0.290. The number of amides is 3. The number of carbonyl (C=O) groups is 3. The Morgan fingerprint density at radius 2 is 0.621 bits per heavy atom. The van der Waals surface area contributed by atoms with Crippen LogP contribution in [0.15, 0.2) is 0 Å². The molecule has 3 N–H and O–H groups in total. The van der Waals surface area contributed by atoms with Gasteiger partial charge in [-0.2, -0.15) is 15.0 Å². The highest BCUT2D eigenvalue weighted by atomic mass is 16.2.